The van der Waals surface area contributed by atoms with E-state index in [1.807, 2.05) is 6.07 Å². The Bertz CT molecular complexity index is 2290. The van der Waals surface area contributed by atoms with E-state index < -0.39 is 0 Å². The number of anilines is 2. The van der Waals surface area contributed by atoms with Gasteiger partial charge < -0.3 is 9.47 Å². The second-order valence-electron chi connectivity index (χ2n) is 11.4. The van der Waals surface area contributed by atoms with Crippen molar-refractivity contribution in [3.8, 4) is 28.2 Å². The summed E-state index contributed by atoms with van der Waals surface area (Å²) in [5.41, 5.74) is 13.8. The Kier molecular flexibility index (Phi) is 5.60. The first-order valence-electron chi connectivity index (χ1n) is 15.1. The molecule has 2 aromatic heterocycles. The lowest BCUT2D eigenvalue weighted by atomic mass is 9.94. The molecule has 0 fully saturated rings. The van der Waals surface area contributed by atoms with E-state index in [1.165, 1.54) is 33.3 Å². The van der Waals surface area contributed by atoms with E-state index in [0.717, 1.165) is 57.9 Å². The summed E-state index contributed by atoms with van der Waals surface area (Å²) >= 11 is 0. The molecule has 208 valence electrons. The van der Waals surface area contributed by atoms with Crippen LogP contribution in [0.4, 0.5) is 11.4 Å². The summed E-state index contributed by atoms with van der Waals surface area (Å²) in [5.74, 6) is 0. The van der Waals surface area contributed by atoms with Crippen molar-refractivity contribution in [1.82, 2.24) is 9.55 Å². The molecule has 2 aliphatic rings. The fourth-order valence-electron chi connectivity index (χ4n) is 6.93. The monoisotopic (exact) mass is 564 g/mol. The summed E-state index contributed by atoms with van der Waals surface area (Å²) in [7, 11) is 0. The number of hydrogen-bond acceptors (Lipinski definition) is 3. The Morgan fingerprint density at radius 3 is 2.39 bits per heavy atom. The first kappa shape index (κ1) is 24.8. The van der Waals surface area contributed by atoms with E-state index in [1.54, 1.807) is 0 Å². The third-order valence-electron chi connectivity index (χ3n) is 8.84. The Morgan fingerprint density at radius 1 is 0.636 bits per heavy atom. The van der Waals surface area contributed by atoms with Gasteiger partial charge in [-0.2, -0.15) is 0 Å². The van der Waals surface area contributed by atoms with Gasteiger partial charge in [-0.3, -0.25) is 4.99 Å². The number of aliphatic imine (C=N–C) groups is 1. The van der Waals surface area contributed by atoms with Crippen LogP contribution in [0.3, 0.4) is 0 Å². The minimum absolute atomic E-state index is 0.772. The van der Waals surface area contributed by atoms with Gasteiger partial charge in [0, 0.05) is 51.6 Å². The summed E-state index contributed by atoms with van der Waals surface area (Å²) in [6.07, 6.45) is 2.96. The molecule has 0 unspecified atom stereocenters. The van der Waals surface area contributed by atoms with Gasteiger partial charge in [-0.1, -0.05) is 91.0 Å². The highest BCUT2D eigenvalue weighted by molar-refractivity contribution is 6.12. The van der Waals surface area contributed by atoms with Gasteiger partial charge in [0.05, 0.1) is 33.8 Å². The number of allylic oxidation sites excluding steroid dienone is 1. The first-order valence-corrected chi connectivity index (χ1v) is 15.1. The SMILES string of the molecule is C1=NCCC2=C1N(c1cccc(-c3ccc4ccccc4n3)c1)c1ccccc1-c1c2c2ccccc2n1-c1ccccc1. The molecule has 44 heavy (non-hydrogen) atoms. The highest BCUT2D eigenvalue weighted by Crippen LogP contribution is 2.51. The largest absolute Gasteiger partial charge is 0.309 e. The van der Waals surface area contributed by atoms with E-state index in [4.69, 9.17) is 9.98 Å². The van der Waals surface area contributed by atoms with Crippen LogP contribution in [0.15, 0.2) is 150 Å². The fourth-order valence-corrected chi connectivity index (χ4v) is 6.93. The molecule has 4 heterocycles. The van der Waals surface area contributed by atoms with Crippen molar-refractivity contribution in [2.24, 2.45) is 4.99 Å². The third kappa shape index (κ3) is 3.78. The molecule has 5 aromatic carbocycles. The summed E-state index contributed by atoms with van der Waals surface area (Å²) in [5, 5.41) is 2.41. The van der Waals surface area contributed by atoms with Crippen LogP contribution in [-0.2, 0) is 0 Å². The molecule has 0 aliphatic carbocycles. The van der Waals surface area contributed by atoms with Gasteiger partial charge in [-0.25, -0.2) is 4.98 Å². The van der Waals surface area contributed by atoms with Crippen LogP contribution >= 0.6 is 0 Å². The predicted octanol–water partition coefficient (Wildman–Crippen LogP) is 9.85. The van der Waals surface area contributed by atoms with Gasteiger partial charge in [0.2, 0.25) is 0 Å². The van der Waals surface area contributed by atoms with E-state index in [0.29, 0.717) is 0 Å². The zero-order valence-electron chi connectivity index (χ0n) is 24.1. The Hall–Kier alpha value is -5.74. The topological polar surface area (TPSA) is 33.4 Å². The molecule has 9 rings (SSSR count). The lowest BCUT2D eigenvalue weighted by molar-refractivity contribution is 0.998. The number of rotatable bonds is 3. The van der Waals surface area contributed by atoms with Gasteiger partial charge in [-0.15, -0.1) is 0 Å². The van der Waals surface area contributed by atoms with Crippen LogP contribution < -0.4 is 4.90 Å². The molecule has 0 atom stereocenters. The maximum Gasteiger partial charge on any atom is 0.0710 e. The normalized spacial score (nSPS) is 14.0. The van der Waals surface area contributed by atoms with Crippen molar-refractivity contribution in [1.29, 1.82) is 0 Å². The molecule has 2 aliphatic heterocycles. The zero-order valence-corrected chi connectivity index (χ0v) is 24.1. The lowest BCUT2D eigenvalue weighted by Crippen LogP contribution is -2.21. The van der Waals surface area contributed by atoms with E-state index >= 15 is 0 Å². The quantitative estimate of drug-likeness (QED) is 0.214. The van der Waals surface area contributed by atoms with Crippen LogP contribution in [0, 0.1) is 0 Å². The lowest BCUT2D eigenvalue weighted by Gasteiger charge is -2.29. The van der Waals surface area contributed by atoms with E-state index in [2.05, 4.69) is 149 Å². The number of benzene rings is 5. The highest BCUT2D eigenvalue weighted by Gasteiger charge is 2.33. The number of pyridine rings is 1. The summed E-state index contributed by atoms with van der Waals surface area (Å²) in [4.78, 5) is 12.3. The minimum Gasteiger partial charge on any atom is -0.309 e. The van der Waals surface area contributed by atoms with E-state index in [9.17, 15) is 0 Å². The van der Waals surface area contributed by atoms with Gasteiger partial charge in [0.25, 0.3) is 0 Å². The maximum atomic E-state index is 5.02. The Balaban J connectivity index is 1.33. The number of hydrogen-bond donors (Lipinski definition) is 0. The van der Waals surface area contributed by atoms with Gasteiger partial charge >= 0.3 is 0 Å². The standard InChI is InChI=1S/C40H28N4/c1-2-13-29(14-3-1)44-36-19-8-5-16-31(36)39-32-23-24-41-26-38(32)43(37-20-9-6-17-33(37)40(39)44)30-15-10-12-28(25-30)35-22-21-27-11-4-7-18-34(27)42-35/h1-22,25-26H,23-24H2. The third-order valence-corrected chi connectivity index (χ3v) is 8.84. The molecule has 0 bridgehead atoms. The first-order chi connectivity index (χ1) is 21.8. The maximum absolute atomic E-state index is 5.02. The smallest absolute Gasteiger partial charge is 0.0710 e. The van der Waals surface area contributed by atoms with Crippen LogP contribution in [-0.4, -0.2) is 22.3 Å². The molecular formula is C40H28N4. The molecule has 4 heteroatoms. The molecule has 7 aromatic rings. The average molecular weight is 565 g/mol. The van der Waals surface area contributed by atoms with Crippen molar-refractivity contribution >= 4 is 45.0 Å². The van der Waals surface area contributed by atoms with Crippen LogP contribution in [0.2, 0.25) is 0 Å². The summed E-state index contributed by atoms with van der Waals surface area (Å²) in [6, 6.07) is 49.7. The molecule has 0 saturated carbocycles. The number of fused-ring (bicyclic) bond motifs is 7. The predicted molar refractivity (Wildman–Crippen MR) is 183 cm³/mol. The number of aromatic nitrogens is 2. The number of para-hydroxylation sites is 4. The van der Waals surface area contributed by atoms with Gasteiger partial charge in [0.1, 0.15) is 0 Å². The minimum atomic E-state index is 0.772. The van der Waals surface area contributed by atoms with Crippen molar-refractivity contribution in [3.63, 3.8) is 0 Å². The number of nitrogens with zero attached hydrogens (tertiary/aromatic N) is 4. The Labute approximate surface area is 255 Å². The highest BCUT2D eigenvalue weighted by atomic mass is 15.2. The molecule has 0 N–H and O–H groups in total. The molecule has 4 nitrogen and oxygen atoms in total. The van der Waals surface area contributed by atoms with Crippen LogP contribution in [0.5, 0.6) is 0 Å². The molecule has 0 amide bonds. The van der Waals surface area contributed by atoms with Crippen molar-refractivity contribution in [2.45, 2.75) is 6.42 Å². The van der Waals surface area contributed by atoms with E-state index in [-0.39, 0.29) is 0 Å². The van der Waals surface area contributed by atoms with Gasteiger partial charge in [-0.05, 0) is 60.5 Å². The average Bonchev–Trinajstić information content (AvgIpc) is 3.38. The van der Waals surface area contributed by atoms with Crippen molar-refractivity contribution in [2.75, 3.05) is 11.4 Å². The zero-order chi connectivity index (χ0) is 29.0. The van der Waals surface area contributed by atoms with Crippen LogP contribution in [0.1, 0.15) is 12.0 Å². The number of dihydropyridines is 1. The fraction of sp³-hybridized carbons (Fsp3) is 0.0500. The molecular weight excluding hydrogens is 536 g/mol. The molecule has 0 radical (unpaired) electrons. The summed E-state index contributed by atoms with van der Waals surface area (Å²) in [6.45, 7) is 0.772. The van der Waals surface area contributed by atoms with Crippen LogP contribution in [0.25, 0.3) is 55.6 Å². The second kappa shape index (κ2) is 9.92. The molecule has 0 saturated heterocycles. The molecule has 0 spiro atoms. The van der Waals surface area contributed by atoms with Crippen molar-refractivity contribution in [3.05, 3.63) is 151 Å². The van der Waals surface area contributed by atoms with Gasteiger partial charge in [0.15, 0.2) is 0 Å². The second-order valence-corrected chi connectivity index (χ2v) is 11.4. The van der Waals surface area contributed by atoms with Crippen molar-refractivity contribution < 1.29 is 0 Å². The Morgan fingerprint density at radius 2 is 1.43 bits per heavy atom. The summed E-state index contributed by atoms with van der Waals surface area (Å²) < 4.78 is 2.44.